The van der Waals surface area contributed by atoms with E-state index in [1.807, 2.05) is 0 Å². The van der Waals surface area contributed by atoms with Crippen LogP contribution < -0.4 is 16.6 Å². The molecule has 4 N–H and O–H groups in total. The molecule has 0 radical (unpaired) electrons. The molecule has 0 saturated heterocycles. The van der Waals surface area contributed by atoms with Crippen molar-refractivity contribution in [1.29, 1.82) is 0 Å². The highest BCUT2D eigenvalue weighted by Gasteiger charge is 2.21. The summed E-state index contributed by atoms with van der Waals surface area (Å²) in [6, 6.07) is 0.227. The van der Waals surface area contributed by atoms with Gasteiger partial charge in [-0.15, -0.1) is 0 Å². The lowest BCUT2D eigenvalue weighted by molar-refractivity contribution is 0.359. The molecule has 0 aliphatic carbocycles. The number of nitrogens with two attached hydrogens (primary N) is 1. The maximum atomic E-state index is 5.99. The molecule has 6 heteroatoms. The number of nitrogens with zero attached hydrogens (tertiary/aromatic N) is 2. The fourth-order valence-corrected chi connectivity index (χ4v) is 1.11. The van der Waals surface area contributed by atoms with Crippen LogP contribution in [0.5, 0.6) is 0 Å². The Hall–Kier alpha value is -1.07. The van der Waals surface area contributed by atoms with Gasteiger partial charge in [0.25, 0.3) is 0 Å². The average molecular weight is 244 g/mol. The van der Waals surface area contributed by atoms with Crippen LogP contribution in [0.25, 0.3) is 0 Å². The zero-order valence-electron chi connectivity index (χ0n) is 10.0. The van der Waals surface area contributed by atoms with Crippen LogP contribution >= 0.6 is 11.6 Å². The molecule has 1 rings (SSSR count). The van der Waals surface area contributed by atoms with Crippen molar-refractivity contribution < 1.29 is 0 Å². The van der Waals surface area contributed by atoms with Crippen molar-refractivity contribution in [2.75, 3.05) is 10.7 Å². The predicted molar refractivity (Wildman–Crippen MR) is 67.4 cm³/mol. The van der Waals surface area contributed by atoms with E-state index in [1.54, 1.807) is 0 Å². The molecular formula is C10H18ClN5. The van der Waals surface area contributed by atoms with E-state index in [2.05, 4.69) is 48.4 Å². The molecule has 5 nitrogen and oxygen atoms in total. The third kappa shape index (κ3) is 3.21. The molecule has 0 aliphatic heterocycles. The van der Waals surface area contributed by atoms with Gasteiger partial charge < -0.3 is 5.32 Å². The number of hydrogen-bond acceptors (Lipinski definition) is 5. The highest BCUT2D eigenvalue weighted by atomic mass is 35.5. The standard InChI is InChI=1S/C10H18ClN5/c1-6(10(2,3)4)14-8-7(11)5-13-9(15-8)16-12/h5-6H,12H2,1-4H3,(H2,13,14,15,16). The van der Waals surface area contributed by atoms with Crippen LogP contribution in [0.2, 0.25) is 5.02 Å². The minimum atomic E-state index is 0.116. The first kappa shape index (κ1) is 13.0. The Kier molecular flexibility index (Phi) is 3.93. The molecule has 1 unspecified atom stereocenters. The second-order valence-electron chi connectivity index (χ2n) is 4.77. The molecule has 1 aromatic heterocycles. The third-order valence-electron chi connectivity index (χ3n) is 2.53. The molecule has 0 saturated carbocycles. The van der Waals surface area contributed by atoms with Gasteiger partial charge in [-0.25, -0.2) is 10.8 Å². The number of anilines is 2. The Labute approximate surface area is 101 Å². The molecule has 0 aliphatic rings. The zero-order chi connectivity index (χ0) is 12.3. The summed E-state index contributed by atoms with van der Waals surface area (Å²) in [5.41, 5.74) is 2.50. The average Bonchev–Trinajstić information content (AvgIpc) is 2.19. The summed E-state index contributed by atoms with van der Waals surface area (Å²) in [6.07, 6.45) is 1.52. The summed E-state index contributed by atoms with van der Waals surface area (Å²) in [5, 5.41) is 3.73. The monoisotopic (exact) mass is 243 g/mol. The summed E-state index contributed by atoms with van der Waals surface area (Å²) in [5.74, 6) is 6.17. The number of rotatable bonds is 3. The topological polar surface area (TPSA) is 75.9 Å². The van der Waals surface area contributed by atoms with E-state index in [1.165, 1.54) is 6.20 Å². The van der Waals surface area contributed by atoms with Crippen molar-refractivity contribution in [2.24, 2.45) is 11.3 Å². The smallest absolute Gasteiger partial charge is 0.239 e. The van der Waals surface area contributed by atoms with Crippen molar-refractivity contribution in [2.45, 2.75) is 33.7 Å². The van der Waals surface area contributed by atoms with Crippen LogP contribution in [0.15, 0.2) is 6.20 Å². The largest absolute Gasteiger partial charge is 0.366 e. The maximum Gasteiger partial charge on any atom is 0.239 e. The third-order valence-corrected chi connectivity index (χ3v) is 2.80. The SMILES string of the molecule is CC(Nc1nc(NN)ncc1Cl)C(C)(C)C. The molecule has 90 valence electrons. The maximum absolute atomic E-state index is 5.99. The van der Waals surface area contributed by atoms with E-state index in [9.17, 15) is 0 Å². The Balaban J connectivity index is 2.88. The van der Waals surface area contributed by atoms with Gasteiger partial charge in [-0.3, -0.25) is 5.43 Å². The van der Waals surface area contributed by atoms with Gasteiger partial charge in [0.15, 0.2) is 5.82 Å². The molecule has 0 bridgehead atoms. The first-order valence-electron chi connectivity index (χ1n) is 5.10. The number of nitrogen functional groups attached to an aromatic ring is 1. The van der Waals surface area contributed by atoms with E-state index in [0.29, 0.717) is 16.8 Å². The van der Waals surface area contributed by atoms with Crippen molar-refractivity contribution in [1.82, 2.24) is 9.97 Å². The van der Waals surface area contributed by atoms with Gasteiger partial charge >= 0.3 is 0 Å². The number of aromatic nitrogens is 2. The van der Waals surface area contributed by atoms with Gasteiger partial charge in [-0.05, 0) is 12.3 Å². The minimum absolute atomic E-state index is 0.116. The first-order chi connectivity index (χ1) is 7.34. The van der Waals surface area contributed by atoms with E-state index >= 15 is 0 Å². The van der Waals surface area contributed by atoms with E-state index < -0.39 is 0 Å². The molecule has 16 heavy (non-hydrogen) atoms. The van der Waals surface area contributed by atoms with Gasteiger partial charge in [0.2, 0.25) is 5.95 Å². The minimum Gasteiger partial charge on any atom is -0.366 e. The first-order valence-corrected chi connectivity index (χ1v) is 5.48. The fraction of sp³-hybridized carbons (Fsp3) is 0.600. The Morgan fingerprint density at radius 3 is 2.56 bits per heavy atom. The summed E-state index contributed by atoms with van der Waals surface area (Å²) < 4.78 is 0. The van der Waals surface area contributed by atoms with Gasteiger partial charge in [0.05, 0.1) is 6.20 Å². The molecule has 0 amide bonds. The highest BCUT2D eigenvalue weighted by molar-refractivity contribution is 6.32. The van der Waals surface area contributed by atoms with Crippen molar-refractivity contribution >= 4 is 23.4 Å². The normalized spacial score (nSPS) is 13.4. The second-order valence-corrected chi connectivity index (χ2v) is 5.17. The summed E-state index contributed by atoms with van der Waals surface area (Å²) in [6.45, 7) is 8.50. The van der Waals surface area contributed by atoms with Crippen LogP contribution in [0.1, 0.15) is 27.7 Å². The number of nitrogens with one attached hydrogen (secondary N) is 2. The molecule has 0 fully saturated rings. The van der Waals surface area contributed by atoms with Crippen molar-refractivity contribution in [3.05, 3.63) is 11.2 Å². The summed E-state index contributed by atoms with van der Waals surface area (Å²) in [7, 11) is 0. The van der Waals surface area contributed by atoms with Gasteiger partial charge in [0.1, 0.15) is 5.02 Å². The van der Waals surface area contributed by atoms with Crippen LogP contribution in [-0.4, -0.2) is 16.0 Å². The molecule has 0 aromatic carbocycles. The molecular weight excluding hydrogens is 226 g/mol. The lowest BCUT2D eigenvalue weighted by Crippen LogP contribution is -2.31. The highest BCUT2D eigenvalue weighted by Crippen LogP contribution is 2.26. The second kappa shape index (κ2) is 4.84. The quantitative estimate of drug-likeness (QED) is 0.561. The van der Waals surface area contributed by atoms with E-state index in [4.69, 9.17) is 17.4 Å². The van der Waals surface area contributed by atoms with Crippen molar-refractivity contribution in [3.63, 3.8) is 0 Å². The van der Waals surface area contributed by atoms with Crippen LogP contribution in [0, 0.1) is 5.41 Å². The fourth-order valence-electron chi connectivity index (χ4n) is 0.959. The van der Waals surface area contributed by atoms with Gasteiger partial charge in [-0.1, -0.05) is 32.4 Å². The summed E-state index contributed by atoms with van der Waals surface area (Å²) in [4.78, 5) is 8.06. The molecule has 1 heterocycles. The Morgan fingerprint density at radius 2 is 2.06 bits per heavy atom. The van der Waals surface area contributed by atoms with E-state index in [0.717, 1.165) is 0 Å². The lowest BCUT2D eigenvalue weighted by Gasteiger charge is -2.28. The Morgan fingerprint density at radius 1 is 1.44 bits per heavy atom. The predicted octanol–water partition coefficient (Wildman–Crippen LogP) is 2.26. The van der Waals surface area contributed by atoms with E-state index in [-0.39, 0.29) is 11.5 Å². The number of hydrazine groups is 1. The van der Waals surface area contributed by atoms with Crippen molar-refractivity contribution in [3.8, 4) is 0 Å². The number of halogens is 1. The van der Waals surface area contributed by atoms with Gasteiger partial charge in [-0.2, -0.15) is 4.98 Å². The summed E-state index contributed by atoms with van der Waals surface area (Å²) >= 11 is 5.99. The lowest BCUT2D eigenvalue weighted by atomic mass is 9.88. The van der Waals surface area contributed by atoms with Crippen LogP contribution in [0.4, 0.5) is 11.8 Å². The molecule has 1 aromatic rings. The van der Waals surface area contributed by atoms with Crippen LogP contribution in [0.3, 0.4) is 0 Å². The molecule has 1 atom stereocenters. The zero-order valence-corrected chi connectivity index (χ0v) is 10.8. The van der Waals surface area contributed by atoms with Crippen LogP contribution in [-0.2, 0) is 0 Å². The number of hydrogen-bond donors (Lipinski definition) is 3. The Bertz CT molecular complexity index is 361. The molecule has 0 spiro atoms. The van der Waals surface area contributed by atoms with Gasteiger partial charge in [0, 0.05) is 6.04 Å².